The second-order valence-electron chi connectivity index (χ2n) is 5.96. The van der Waals surface area contributed by atoms with Gasteiger partial charge in [-0.2, -0.15) is 0 Å². The Hall–Kier alpha value is -3.99. The van der Waals surface area contributed by atoms with Gasteiger partial charge in [-0.3, -0.25) is 0 Å². The quantitative estimate of drug-likeness (QED) is 0.152. The van der Waals surface area contributed by atoms with Gasteiger partial charge >= 0.3 is 16.5 Å². The maximum absolute atomic E-state index is 10.3. The molecule has 0 atom stereocenters. The van der Waals surface area contributed by atoms with E-state index in [-0.39, 0.29) is 39.6 Å². The fourth-order valence-electron chi connectivity index (χ4n) is 2.08. The molecule has 0 heterocycles. The Balaban J connectivity index is 0.000000602. The summed E-state index contributed by atoms with van der Waals surface area (Å²) in [6, 6.07) is 13.8. The fourth-order valence-corrected chi connectivity index (χ4v) is 2.08. The molecule has 0 saturated heterocycles. The topological polar surface area (TPSA) is 179 Å². The van der Waals surface area contributed by atoms with Gasteiger partial charge in [-0.1, -0.05) is 10.3 Å². The molecule has 4 N–H and O–H groups in total. The van der Waals surface area contributed by atoms with Crippen LogP contribution in [-0.4, -0.2) is 47.7 Å². The van der Waals surface area contributed by atoms with Gasteiger partial charge in [-0.15, -0.1) is 0 Å². The molecule has 12 nitrogen and oxygen atoms in total. The average Bonchev–Trinajstić information content (AvgIpc) is 2.85. The number of oxime groups is 2. The number of nitrogens with zero attached hydrogens (tertiary/aromatic N) is 4. The van der Waals surface area contributed by atoms with Crippen molar-refractivity contribution in [3.05, 3.63) is 58.9 Å². The van der Waals surface area contributed by atoms with Crippen LogP contribution in [0.4, 0.5) is 11.4 Å². The molecule has 180 valence electrons. The summed E-state index contributed by atoms with van der Waals surface area (Å²) in [7, 11) is 3.13. The van der Waals surface area contributed by atoms with E-state index < -0.39 is 0 Å². The Morgan fingerprint density at radius 2 is 1.00 bits per heavy atom. The molecule has 2 aromatic rings. The molecule has 0 amide bonds. The van der Waals surface area contributed by atoms with E-state index in [0.29, 0.717) is 22.9 Å². The van der Waals surface area contributed by atoms with Gasteiger partial charge in [0.05, 0.1) is 25.6 Å². The smallest absolute Gasteiger partial charge is 0.792 e. The van der Waals surface area contributed by atoms with Crippen LogP contribution in [0.15, 0.2) is 69.2 Å². The van der Waals surface area contributed by atoms with Crippen LogP contribution in [0.5, 0.6) is 11.5 Å². The van der Waals surface area contributed by atoms with Gasteiger partial charge in [0.1, 0.15) is 11.5 Å². The van der Waals surface area contributed by atoms with Crippen molar-refractivity contribution in [2.45, 2.75) is 13.8 Å². The van der Waals surface area contributed by atoms with Crippen molar-refractivity contribution in [1.82, 2.24) is 0 Å². The number of benzene rings is 2. The van der Waals surface area contributed by atoms with E-state index in [1.807, 2.05) is 0 Å². The van der Waals surface area contributed by atoms with E-state index >= 15 is 0 Å². The Morgan fingerprint density at radius 1 is 0.697 bits per heavy atom. The van der Waals surface area contributed by atoms with Crippen LogP contribution >= 0.6 is 0 Å². The van der Waals surface area contributed by atoms with Crippen LogP contribution in [0.1, 0.15) is 13.8 Å². The monoisotopic (exact) mass is 502 g/mol. The van der Waals surface area contributed by atoms with E-state index in [1.54, 1.807) is 62.8 Å². The minimum absolute atomic E-state index is 0. The van der Waals surface area contributed by atoms with E-state index in [9.17, 15) is 10.4 Å². The summed E-state index contributed by atoms with van der Waals surface area (Å²) in [5.74, 6) is 1.45. The van der Waals surface area contributed by atoms with Crippen LogP contribution < -0.4 is 20.1 Å². The maximum Gasteiger partial charge on any atom is 2.00 e. The van der Waals surface area contributed by atoms with Crippen LogP contribution in [-0.2, 0) is 16.5 Å². The van der Waals surface area contributed by atoms with Crippen molar-refractivity contribution < 1.29 is 36.4 Å². The second-order valence-corrected chi connectivity index (χ2v) is 5.96. The van der Waals surface area contributed by atoms with Crippen LogP contribution in [0, 0.1) is 10.4 Å². The van der Waals surface area contributed by atoms with Crippen LogP contribution in [0.25, 0.3) is 0 Å². The van der Waals surface area contributed by atoms with Crippen molar-refractivity contribution >= 4 is 34.5 Å². The van der Waals surface area contributed by atoms with Gasteiger partial charge in [-0.25, -0.2) is 0 Å². The van der Waals surface area contributed by atoms with E-state index in [0.717, 1.165) is 0 Å². The van der Waals surface area contributed by atoms with Gasteiger partial charge < -0.3 is 51.2 Å². The number of hydrogen-bond acceptors (Lipinski definition) is 10. The maximum atomic E-state index is 10.3. The number of rotatable bonds is 6. The number of anilines is 2. The molecule has 33 heavy (non-hydrogen) atoms. The zero-order chi connectivity index (χ0) is 23.9. The van der Waals surface area contributed by atoms with Crippen LogP contribution in [0.2, 0.25) is 0 Å². The van der Waals surface area contributed by atoms with E-state index in [1.165, 1.54) is 13.8 Å². The number of methoxy groups -OCH3 is 2. The van der Waals surface area contributed by atoms with Gasteiger partial charge in [0.25, 0.3) is 0 Å². The fraction of sp³-hybridized carbons (Fsp3) is 0.200. The summed E-state index contributed by atoms with van der Waals surface area (Å²) >= 11 is 0. The predicted molar refractivity (Wildman–Crippen MR) is 125 cm³/mol. The molecule has 0 spiro atoms. The standard InChI is InChI=1S/2C10H13N3O3.Ni/c2*1-7(12-14)10(13-15)11-8-3-5-9(16-2)6-4-8;/h2*3-6,14-15H,1-2H3,(H,11,13);/q;;+2/p-2/b2*12-7+;. The van der Waals surface area contributed by atoms with Crippen molar-refractivity contribution in [2.24, 2.45) is 20.6 Å². The van der Waals surface area contributed by atoms with Crippen molar-refractivity contribution in [3.8, 4) is 11.5 Å². The molecule has 2 aromatic carbocycles. The number of amidine groups is 2. The third-order valence-corrected chi connectivity index (χ3v) is 3.86. The normalized spacial score (nSPS) is 12.0. The summed E-state index contributed by atoms with van der Waals surface area (Å²) in [5.41, 5.74) is 1.46. The number of ether oxygens (including phenoxy) is 2. The molecule has 0 aliphatic rings. The third kappa shape index (κ3) is 9.79. The summed E-state index contributed by atoms with van der Waals surface area (Å²) in [6.45, 7) is 2.89. The zero-order valence-electron chi connectivity index (χ0n) is 18.3. The third-order valence-electron chi connectivity index (χ3n) is 3.86. The summed E-state index contributed by atoms with van der Waals surface area (Å²) in [5, 5.41) is 54.6. The van der Waals surface area contributed by atoms with Crippen molar-refractivity contribution in [3.63, 3.8) is 0 Å². The largest absolute Gasteiger partial charge is 2.00 e. The molecule has 2 rings (SSSR count). The Bertz CT molecular complexity index is 883. The Kier molecular flexibility index (Phi) is 13.9. The molecule has 0 unspecified atom stereocenters. The minimum Gasteiger partial charge on any atom is -0.792 e. The van der Waals surface area contributed by atoms with E-state index in [4.69, 9.17) is 19.9 Å². The molecule has 0 aliphatic heterocycles. The molecule has 0 fully saturated rings. The van der Waals surface area contributed by atoms with Crippen molar-refractivity contribution in [1.29, 1.82) is 0 Å². The first-order valence-corrected chi connectivity index (χ1v) is 9.03. The first-order valence-electron chi connectivity index (χ1n) is 9.03. The average molecular weight is 503 g/mol. The zero-order valence-corrected chi connectivity index (χ0v) is 19.2. The second kappa shape index (κ2) is 15.8. The molecule has 0 aliphatic carbocycles. The minimum atomic E-state index is 0. The summed E-state index contributed by atoms with van der Waals surface area (Å²) in [4.78, 5) is 0. The van der Waals surface area contributed by atoms with Crippen LogP contribution in [0.3, 0.4) is 0 Å². The predicted octanol–water partition coefficient (Wildman–Crippen LogP) is 3.70. The molecular formula is C20H24N6NiO6. The first kappa shape index (κ1) is 29.0. The molecular weight excluding hydrogens is 479 g/mol. The Labute approximate surface area is 200 Å². The van der Waals surface area contributed by atoms with E-state index in [2.05, 4.69) is 31.3 Å². The van der Waals surface area contributed by atoms with Gasteiger partial charge in [0, 0.05) is 11.4 Å². The molecule has 0 saturated carbocycles. The first-order chi connectivity index (χ1) is 15.4. The van der Waals surface area contributed by atoms with Gasteiger partial charge in [-0.05, 0) is 62.4 Å². The van der Waals surface area contributed by atoms with Gasteiger partial charge in [0.15, 0.2) is 11.7 Å². The molecule has 0 bridgehead atoms. The SMILES string of the molecule is COc1ccc(NC(=N\O)/C(C)=N/[O-])cc1.COc1ccc(NC(=N\O)/C(C)=N/[O-])cc1.[Ni+2]. The number of nitrogens with one attached hydrogen (secondary N) is 2. The molecule has 0 aromatic heterocycles. The number of hydrogen-bond donors (Lipinski definition) is 4. The van der Waals surface area contributed by atoms with Gasteiger partial charge in [0.2, 0.25) is 0 Å². The Morgan fingerprint density at radius 3 is 1.21 bits per heavy atom. The molecule has 0 radical (unpaired) electrons. The molecule has 13 heteroatoms. The summed E-state index contributed by atoms with van der Waals surface area (Å²) in [6.07, 6.45) is 0. The van der Waals surface area contributed by atoms with Crippen molar-refractivity contribution in [2.75, 3.05) is 24.9 Å². The summed E-state index contributed by atoms with van der Waals surface area (Å²) < 4.78 is 9.98.